The number of anilines is 1. The summed E-state index contributed by atoms with van der Waals surface area (Å²) in [5.41, 5.74) is 0.750. The molecule has 10 nitrogen and oxygen atoms in total. The van der Waals surface area contributed by atoms with Crippen LogP contribution in [0.5, 0.6) is 0 Å². The smallest absolute Gasteiger partial charge is 0.228 e. The molecule has 1 aliphatic heterocycles. The number of aromatic nitrogens is 4. The molecule has 3 heterocycles. The first-order valence-electron chi connectivity index (χ1n) is 7.93. The first-order chi connectivity index (χ1) is 11.9. The van der Waals surface area contributed by atoms with E-state index in [0.29, 0.717) is 11.2 Å². The highest BCUT2D eigenvalue weighted by Crippen LogP contribution is 2.32. The lowest BCUT2D eigenvalue weighted by molar-refractivity contribution is -0.118. The van der Waals surface area contributed by atoms with E-state index in [1.54, 1.807) is 13.8 Å². The number of methoxy groups -OCH3 is 1. The van der Waals surface area contributed by atoms with E-state index >= 15 is 0 Å². The summed E-state index contributed by atoms with van der Waals surface area (Å²) in [5, 5.41) is 23.1. The Hall–Kier alpha value is -2.14. The number of nitrogens with one attached hydrogen (secondary N) is 1. The Kier molecular flexibility index (Phi) is 4.95. The fourth-order valence-electron chi connectivity index (χ4n) is 2.65. The van der Waals surface area contributed by atoms with Gasteiger partial charge in [-0.05, 0) is 0 Å². The van der Waals surface area contributed by atoms with Crippen LogP contribution in [-0.2, 0) is 14.3 Å². The van der Waals surface area contributed by atoms with Crippen LogP contribution >= 0.6 is 0 Å². The fraction of sp³-hybridized carbons (Fsp3) is 0.600. The highest BCUT2D eigenvalue weighted by molar-refractivity contribution is 5.97. The van der Waals surface area contributed by atoms with Gasteiger partial charge in [0.2, 0.25) is 5.91 Å². The number of hydrogen-bond donors (Lipinski definition) is 3. The van der Waals surface area contributed by atoms with Gasteiger partial charge in [-0.1, -0.05) is 13.8 Å². The molecule has 0 radical (unpaired) electrons. The Morgan fingerprint density at radius 3 is 2.80 bits per heavy atom. The number of rotatable bonds is 5. The molecular weight excluding hydrogens is 330 g/mol. The predicted molar refractivity (Wildman–Crippen MR) is 86.6 cm³/mol. The average Bonchev–Trinajstić information content (AvgIpc) is 3.12. The van der Waals surface area contributed by atoms with E-state index in [9.17, 15) is 15.0 Å². The summed E-state index contributed by atoms with van der Waals surface area (Å²) < 4.78 is 12.2. The molecule has 4 atom stereocenters. The molecule has 10 heteroatoms. The number of aliphatic hydroxyl groups excluding tert-OH is 2. The van der Waals surface area contributed by atoms with Crippen LogP contribution in [0.1, 0.15) is 20.1 Å². The van der Waals surface area contributed by atoms with Gasteiger partial charge in [0.1, 0.15) is 24.6 Å². The Morgan fingerprint density at radius 2 is 2.12 bits per heavy atom. The van der Waals surface area contributed by atoms with Gasteiger partial charge in [0, 0.05) is 13.0 Å². The molecule has 0 bridgehead atoms. The first-order valence-corrected chi connectivity index (χ1v) is 7.93. The van der Waals surface area contributed by atoms with Gasteiger partial charge in [-0.3, -0.25) is 9.36 Å². The summed E-state index contributed by atoms with van der Waals surface area (Å²) in [7, 11) is 1.49. The molecule has 25 heavy (non-hydrogen) atoms. The van der Waals surface area contributed by atoms with Crippen LogP contribution in [-0.4, -0.2) is 67.7 Å². The van der Waals surface area contributed by atoms with Gasteiger partial charge in [-0.15, -0.1) is 0 Å². The minimum absolute atomic E-state index is 0.145. The van der Waals surface area contributed by atoms with Gasteiger partial charge in [0.25, 0.3) is 0 Å². The van der Waals surface area contributed by atoms with Crippen molar-refractivity contribution in [1.29, 1.82) is 0 Å². The van der Waals surface area contributed by atoms with Gasteiger partial charge in [0.15, 0.2) is 23.2 Å². The molecule has 0 spiro atoms. The van der Waals surface area contributed by atoms with Crippen LogP contribution < -0.4 is 5.32 Å². The van der Waals surface area contributed by atoms with Crippen molar-refractivity contribution in [2.24, 2.45) is 5.92 Å². The molecule has 1 amide bonds. The lowest BCUT2D eigenvalue weighted by Gasteiger charge is -2.16. The summed E-state index contributed by atoms with van der Waals surface area (Å²) in [6.45, 7) is 3.69. The highest BCUT2D eigenvalue weighted by Gasteiger charge is 2.44. The minimum Gasteiger partial charge on any atom is -0.387 e. The fourth-order valence-corrected chi connectivity index (χ4v) is 2.65. The molecular formula is C15H21N5O5. The summed E-state index contributed by atoms with van der Waals surface area (Å²) in [5.74, 6) is -0.122. The van der Waals surface area contributed by atoms with Crippen molar-refractivity contribution in [1.82, 2.24) is 19.5 Å². The maximum absolute atomic E-state index is 11.9. The zero-order valence-electron chi connectivity index (χ0n) is 14.2. The molecule has 3 N–H and O–H groups in total. The van der Waals surface area contributed by atoms with Gasteiger partial charge >= 0.3 is 0 Å². The SMILES string of the molecule is COC[C@H]1O[C@@H](n2cnc3c(NC(=O)C(C)C)ncnc32)[C@H](O)[C@@H]1O. The number of aliphatic hydroxyl groups is 2. The van der Waals surface area contributed by atoms with E-state index in [2.05, 4.69) is 20.3 Å². The molecule has 0 aliphatic carbocycles. The third kappa shape index (κ3) is 3.21. The topological polar surface area (TPSA) is 132 Å². The molecule has 2 aromatic heterocycles. The number of hydrogen-bond acceptors (Lipinski definition) is 8. The Morgan fingerprint density at radius 1 is 1.36 bits per heavy atom. The van der Waals surface area contributed by atoms with Gasteiger partial charge < -0.3 is 25.0 Å². The molecule has 0 aromatic carbocycles. The minimum atomic E-state index is -1.17. The van der Waals surface area contributed by atoms with E-state index in [0.717, 1.165) is 0 Å². The molecule has 1 fully saturated rings. The Balaban J connectivity index is 1.93. The molecule has 136 valence electrons. The van der Waals surface area contributed by atoms with Crippen LogP contribution in [0.25, 0.3) is 11.2 Å². The standard InChI is InChI=1S/C15H21N5O5/c1-7(2)14(23)19-12-9-13(17-5-16-12)20(6-18-9)15-11(22)10(21)8(25-15)4-24-3/h5-8,10-11,15,21-22H,4H2,1-3H3,(H,16,17,19,23)/t8-,10-,11-,15-/m1/s1. The molecule has 2 aromatic rings. The molecule has 0 saturated carbocycles. The zero-order valence-corrected chi connectivity index (χ0v) is 14.2. The maximum atomic E-state index is 11.9. The van der Waals surface area contributed by atoms with Gasteiger partial charge in [-0.25, -0.2) is 15.0 Å². The monoisotopic (exact) mass is 351 g/mol. The summed E-state index contributed by atoms with van der Waals surface area (Å²) >= 11 is 0. The van der Waals surface area contributed by atoms with Crippen LogP contribution in [0.15, 0.2) is 12.7 Å². The van der Waals surface area contributed by atoms with Crippen molar-refractivity contribution in [3.63, 3.8) is 0 Å². The Labute approximate surface area is 143 Å². The second-order valence-electron chi connectivity index (χ2n) is 6.19. The van der Waals surface area contributed by atoms with Crippen molar-refractivity contribution in [3.8, 4) is 0 Å². The van der Waals surface area contributed by atoms with Gasteiger partial charge in [-0.2, -0.15) is 0 Å². The largest absolute Gasteiger partial charge is 0.387 e. The normalized spacial score (nSPS) is 26.5. The van der Waals surface area contributed by atoms with Crippen molar-refractivity contribution in [2.45, 2.75) is 38.4 Å². The third-order valence-corrected chi connectivity index (χ3v) is 4.07. The lowest BCUT2D eigenvalue weighted by atomic mass is 10.1. The average molecular weight is 351 g/mol. The number of carbonyl (C=O) groups is 1. The number of imidazole rings is 1. The van der Waals surface area contributed by atoms with E-state index in [1.807, 2.05) is 0 Å². The van der Waals surface area contributed by atoms with Crippen molar-refractivity contribution < 1.29 is 24.5 Å². The number of nitrogens with zero attached hydrogens (tertiary/aromatic N) is 4. The van der Waals surface area contributed by atoms with Crippen LogP contribution in [0.2, 0.25) is 0 Å². The van der Waals surface area contributed by atoms with Gasteiger partial charge in [0.05, 0.1) is 12.9 Å². The molecule has 1 aliphatic rings. The summed E-state index contributed by atoms with van der Waals surface area (Å²) in [4.78, 5) is 24.4. The molecule has 1 saturated heterocycles. The lowest BCUT2D eigenvalue weighted by Crippen LogP contribution is -2.33. The zero-order chi connectivity index (χ0) is 18.1. The number of carbonyl (C=O) groups excluding carboxylic acids is 1. The van der Waals surface area contributed by atoms with Crippen LogP contribution in [0, 0.1) is 5.92 Å². The van der Waals surface area contributed by atoms with E-state index in [-0.39, 0.29) is 24.2 Å². The maximum Gasteiger partial charge on any atom is 0.228 e. The van der Waals surface area contributed by atoms with E-state index in [1.165, 1.54) is 24.3 Å². The van der Waals surface area contributed by atoms with Crippen molar-refractivity contribution in [2.75, 3.05) is 19.0 Å². The molecule has 3 rings (SSSR count). The van der Waals surface area contributed by atoms with Crippen LogP contribution in [0.4, 0.5) is 5.82 Å². The van der Waals surface area contributed by atoms with E-state index < -0.39 is 24.5 Å². The summed E-state index contributed by atoms with van der Waals surface area (Å²) in [6, 6.07) is 0. The first kappa shape index (κ1) is 17.7. The molecule has 0 unspecified atom stereocenters. The van der Waals surface area contributed by atoms with E-state index in [4.69, 9.17) is 9.47 Å². The predicted octanol–water partition coefficient (Wildman–Crippen LogP) is -0.314. The third-order valence-electron chi connectivity index (χ3n) is 4.07. The Bertz CT molecular complexity index is 764. The van der Waals surface area contributed by atoms with Crippen molar-refractivity contribution in [3.05, 3.63) is 12.7 Å². The summed E-state index contributed by atoms with van der Waals surface area (Å²) in [6.07, 6.45) is -1.07. The van der Waals surface area contributed by atoms with Crippen LogP contribution in [0.3, 0.4) is 0 Å². The second-order valence-corrected chi connectivity index (χ2v) is 6.19. The number of amides is 1. The number of fused-ring (bicyclic) bond motifs is 1. The number of ether oxygens (including phenoxy) is 2. The highest BCUT2D eigenvalue weighted by atomic mass is 16.6. The quantitative estimate of drug-likeness (QED) is 0.668. The van der Waals surface area contributed by atoms with Crippen molar-refractivity contribution >= 4 is 22.9 Å². The second kappa shape index (κ2) is 7.00.